The molecule has 1 saturated carbocycles. The molecule has 0 spiro atoms. The Morgan fingerprint density at radius 2 is 1.81 bits per heavy atom. The average Bonchev–Trinajstić information content (AvgIpc) is 2.69. The first-order valence-corrected chi connectivity index (χ1v) is 9.74. The third kappa shape index (κ3) is 5.95. The fraction of sp³-hybridized carbons (Fsp3) is 0.391. The molecule has 2 aromatic rings. The van der Waals surface area contributed by atoms with E-state index >= 15 is 0 Å². The van der Waals surface area contributed by atoms with Crippen molar-refractivity contribution in [1.82, 2.24) is 5.32 Å². The molecule has 1 amide bonds. The van der Waals surface area contributed by atoms with Gasteiger partial charge in [0.05, 0.1) is 5.69 Å². The van der Waals surface area contributed by atoms with Crippen molar-refractivity contribution in [3.63, 3.8) is 0 Å². The van der Waals surface area contributed by atoms with Gasteiger partial charge in [-0.1, -0.05) is 25.3 Å². The van der Waals surface area contributed by atoms with Gasteiger partial charge in [0.2, 0.25) is 0 Å². The Balaban J connectivity index is 1.48. The molecule has 1 aliphatic rings. The van der Waals surface area contributed by atoms with Crippen LogP contribution in [-0.2, 0) is 4.79 Å². The van der Waals surface area contributed by atoms with Crippen LogP contribution in [-0.4, -0.2) is 24.8 Å². The maximum absolute atomic E-state index is 12.0. The average molecular weight is 364 g/mol. The minimum atomic E-state index is -0.0396. The van der Waals surface area contributed by atoms with Gasteiger partial charge in [0.15, 0.2) is 6.61 Å². The summed E-state index contributed by atoms with van der Waals surface area (Å²) in [5, 5.41) is 3.06. The van der Waals surface area contributed by atoms with Crippen LogP contribution in [0.2, 0.25) is 0 Å². The van der Waals surface area contributed by atoms with Crippen molar-refractivity contribution in [2.75, 3.05) is 6.61 Å². The molecule has 0 atom stereocenters. The van der Waals surface area contributed by atoms with Crippen LogP contribution in [0.4, 0.5) is 5.69 Å². The normalized spacial score (nSPS) is 15.0. The van der Waals surface area contributed by atoms with Crippen molar-refractivity contribution in [3.8, 4) is 5.75 Å². The van der Waals surface area contributed by atoms with Gasteiger partial charge in [-0.15, -0.1) is 0 Å². The summed E-state index contributed by atoms with van der Waals surface area (Å²) in [6, 6.07) is 14.1. The Kier molecular flexibility index (Phi) is 6.64. The first-order valence-electron chi connectivity index (χ1n) is 9.74. The predicted molar refractivity (Wildman–Crippen MR) is 110 cm³/mol. The quantitative estimate of drug-likeness (QED) is 0.743. The largest absolute Gasteiger partial charge is 0.484 e. The summed E-state index contributed by atoms with van der Waals surface area (Å²) in [7, 11) is 0. The number of carbonyl (C=O) groups excluding carboxylic acids is 1. The second-order valence-electron chi connectivity index (χ2n) is 7.29. The maximum atomic E-state index is 12.0. The molecule has 0 heterocycles. The van der Waals surface area contributed by atoms with Crippen LogP contribution >= 0.6 is 0 Å². The van der Waals surface area contributed by atoms with Gasteiger partial charge in [0.1, 0.15) is 5.75 Å². The summed E-state index contributed by atoms with van der Waals surface area (Å²) in [5.41, 5.74) is 4.44. The zero-order valence-corrected chi connectivity index (χ0v) is 16.2. The molecule has 3 rings (SSSR count). The van der Waals surface area contributed by atoms with Gasteiger partial charge in [-0.2, -0.15) is 0 Å². The second kappa shape index (κ2) is 9.36. The number of amides is 1. The number of nitrogens with zero attached hydrogens (tertiary/aromatic N) is 1. The van der Waals surface area contributed by atoms with E-state index in [-0.39, 0.29) is 12.5 Å². The van der Waals surface area contributed by atoms with Gasteiger partial charge in [-0.25, -0.2) is 0 Å². The van der Waals surface area contributed by atoms with E-state index in [9.17, 15) is 4.79 Å². The lowest BCUT2D eigenvalue weighted by atomic mass is 9.95. The molecular weight excluding hydrogens is 336 g/mol. The Morgan fingerprint density at radius 3 is 2.52 bits per heavy atom. The van der Waals surface area contributed by atoms with Gasteiger partial charge in [0.25, 0.3) is 5.91 Å². The van der Waals surface area contributed by atoms with E-state index in [1.54, 1.807) is 0 Å². The molecule has 0 radical (unpaired) electrons. The van der Waals surface area contributed by atoms with E-state index in [0.29, 0.717) is 11.8 Å². The molecule has 1 N–H and O–H groups in total. The summed E-state index contributed by atoms with van der Waals surface area (Å²) in [5.74, 6) is 0.652. The zero-order chi connectivity index (χ0) is 19.1. The molecule has 27 heavy (non-hydrogen) atoms. The summed E-state index contributed by atoms with van der Waals surface area (Å²) in [6.45, 7) is 4.24. The zero-order valence-electron chi connectivity index (χ0n) is 16.2. The molecule has 2 aromatic carbocycles. The minimum Gasteiger partial charge on any atom is -0.484 e. The third-order valence-corrected chi connectivity index (χ3v) is 5.07. The smallest absolute Gasteiger partial charge is 0.258 e. The highest BCUT2D eigenvalue weighted by molar-refractivity contribution is 5.82. The van der Waals surface area contributed by atoms with Gasteiger partial charge in [-0.05, 0) is 79.8 Å². The number of carbonyl (C=O) groups is 1. The standard InChI is InChI=1S/C23H28N2O2/c1-17-8-11-21(14-18(17)2)24-15-19-9-12-22(13-10-19)27-16-23(26)25-20-6-4-3-5-7-20/h8-15,20H,3-7,16H2,1-2H3,(H,25,26). The van der Waals surface area contributed by atoms with Crippen LogP contribution < -0.4 is 10.1 Å². The van der Waals surface area contributed by atoms with Crippen LogP contribution in [0.5, 0.6) is 5.75 Å². The highest BCUT2D eigenvalue weighted by Gasteiger charge is 2.15. The van der Waals surface area contributed by atoms with Crippen molar-refractivity contribution < 1.29 is 9.53 Å². The van der Waals surface area contributed by atoms with Crippen LogP contribution in [0, 0.1) is 13.8 Å². The molecule has 1 aliphatic carbocycles. The number of nitrogens with one attached hydrogen (secondary N) is 1. The van der Waals surface area contributed by atoms with Crippen LogP contribution in [0.15, 0.2) is 47.5 Å². The maximum Gasteiger partial charge on any atom is 0.258 e. The highest BCUT2D eigenvalue weighted by Crippen LogP contribution is 2.18. The first-order chi connectivity index (χ1) is 13.1. The number of rotatable bonds is 6. The summed E-state index contributed by atoms with van der Waals surface area (Å²) < 4.78 is 5.60. The molecule has 0 saturated heterocycles. The lowest BCUT2D eigenvalue weighted by molar-refractivity contribution is -0.124. The Bertz CT molecular complexity index is 791. The lowest BCUT2D eigenvalue weighted by Crippen LogP contribution is -2.38. The lowest BCUT2D eigenvalue weighted by Gasteiger charge is -2.22. The van der Waals surface area contributed by atoms with Gasteiger partial charge in [-0.3, -0.25) is 9.79 Å². The van der Waals surface area contributed by atoms with Crippen molar-refractivity contribution in [2.45, 2.75) is 52.0 Å². The molecule has 0 aromatic heterocycles. The number of aliphatic imine (C=N–C) groups is 1. The number of aryl methyl sites for hydroxylation is 2. The van der Waals surface area contributed by atoms with Crippen molar-refractivity contribution in [2.24, 2.45) is 4.99 Å². The van der Waals surface area contributed by atoms with E-state index in [1.165, 1.54) is 30.4 Å². The minimum absolute atomic E-state index is 0.0396. The third-order valence-electron chi connectivity index (χ3n) is 5.07. The van der Waals surface area contributed by atoms with E-state index < -0.39 is 0 Å². The molecule has 0 aliphatic heterocycles. The fourth-order valence-electron chi connectivity index (χ4n) is 3.27. The summed E-state index contributed by atoms with van der Waals surface area (Å²) in [4.78, 5) is 16.5. The molecule has 1 fully saturated rings. The molecule has 4 nitrogen and oxygen atoms in total. The van der Waals surface area contributed by atoms with Gasteiger partial charge < -0.3 is 10.1 Å². The summed E-state index contributed by atoms with van der Waals surface area (Å²) >= 11 is 0. The molecule has 0 bridgehead atoms. The number of benzene rings is 2. The SMILES string of the molecule is Cc1ccc(N=Cc2ccc(OCC(=O)NC3CCCCC3)cc2)cc1C. The van der Waals surface area contributed by atoms with Crippen LogP contribution in [0.1, 0.15) is 48.8 Å². The highest BCUT2D eigenvalue weighted by atomic mass is 16.5. The van der Waals surface area contributed by atoms with Gasteiger partial charge >= 0.3 is 0 Å². The van der Waals surface area contributed by atoms with Crippen LogP contribution in [0.25, 0.3) is 0 Å². The van der Waals surface area contributed by atoms with Gasteiger partial charge in [0, 0.05) is 12.3 Å². The first kappa shape index (κ1) is 19.2. The van der Waals surface area contributed by atoms with E-state index in [1.807, 2.05) is 36.5 Å². The van der Waals surface area contributed by atoms with E-state index in [2.05, 4.69) is 36.3 Å². The van der Waals surface area contributed by atoms with Crippen molar-refractivity contribution >= 4 is 17.8 Å². The summed E-state index contributed by atoms with van der Waals surface area (Å²) in [6.07, 6.45) is 7.69. The van der Waals surface area contributed by atoms with E-state index in [0.717, 1.165) is 24.1 Å². The molecule has 142 valence electrons. The van der Waals surface area contributed by atoms with Crippen molar-refractivity contribution in [3.05, 3.63) is 59.2 Å². The Hall–Kier alpha value is -2.62. The number of ether oxygens (including phenoxy) is 1. The number of hydrogen-bond acceptors (Lipinski definition) is 3. The second-order valence-corrected chi connectivity index (χ2v) is 7.29. The predicted octanol–water partition coefficient (Wildman–Crippen LogP) is 4.88. The van der Waals surface area contributed by atoms with Crippen LogP contribution in [0.3, 0.4) is 0 Å². The molecular formula is C23H28N2O2. The monoisotopic (exact) mass is 364 g/mol. The molecule has 0 unspecified atom stereocenters. The topological polar surface area (TPSA) is 50.7 Å². The number of hydrogen-bond donors (Lipinski definition) is 1. The molecule has 4 heteroatoms. The Morgan fingerprint density at radius 1 is 1.07 bits per heavy atom. The Labute approximate surface area is 161 Å². The van der Waals surface area contributed by atoms with Crippen molar-refractivity contribution in [1.29, 1.82) is 0 Å². The fourth-order valence-corrected chi connectivity index (χ4v) is 3.27. The van der Waals surface area contributed by atoms with E-state index in [4.69, 9.17) is 4.74 Å².